The van der Waals surface area contributed by atoms with Crippen LogP contribution in [-0.4, -0.2) is 0 Å². The highest BCUT2D eigenvalue weighted by molar-refractivity contribution is 7.91. The summed E-state index contributed by atoms with van der Waals surface area (Å²) in [6.07, 6.45) is 0. The minimum atomic E-state index is 1.01. The first-order valence-corrected chi connectivity index (χ1v) is 5.00. The van der Waals surface area contributed by atoms with Crippen molar-refractivity contribution in [2.24, 2.45) is 0 Å². The Labute approximate surface area is 73.1 Å². The zero-order chi connectivity index (χ0) is 8.53. The van der Waals surface area contributed by atoms with Crippen LogP contribution < -0.4 is 5.14 Å². The molecule has 0 radical (unpaired) electrons. The monoisotopic (exact) mass is 170 g/mol. The molecule has 11 heavy (non-hydrogen) atoms. The van der Waals surface area contributed by atoms with E-state index in [0.717, 1.165) is 5.75 Å². The van der Waals surface area contributed by atoms with E-state index in [9.17, 15) is 0 Å². The number of rotatable bonds is 2. The van der Waals surface area contributed by atoms with Crippen LogP contribution in [-0.2, 0) is 5.75 Å². The number of quaternary nitrogens is 1. The molecule has 0 heterocycles. The standard InChI is InChI=1S/C7H9NS.C2H6/c8-9-6-7-4-2-1-3-5-7;1-2/h1-5H,6,8H2;1-2H3/p+1. The van der Waals surface area contributed by atoms with Crippen LogP contribution >= 0.6 is 11.9 Å². The lowest BCUT2D eigenvalue weighted by Gasteiger charge is -1.90. The van der Waals surface area contributed by atoms with Crippen LogP contribution in [0.3, 0.4) is 0 Å². The van der Waals surface area contributed by atoms with Crippen molar-refractivity contribution in [3.63, 3.8) is 0 Å². The van der Waals surface area contributed by atoms with E-state index in [-0.39, 0.29) is 0 Å². The van der Waals surface area contributed by atoms with Crippen LogP contribution in [0.25, 0.3) is 0 Å². The van der Waals surface area contributed by atoms with Gasteiger partial charge in [-0.05, 0) is 5.56 Å². The summed E-state index contributed by atoms with van der Waals surface area (Å²) in [5, 5.41) is 3.70. The zero-order valence-electron chi connectivity index (χ0n) is 7.21. The molecular formula is C9H16NS+. The number of hydrogen-bond donors (Lipinski definition) is 1. The topological polar surface area (TPSA) is 27.6 Å². The maximum Gasteiger partial charge on any atom is 0.0735 e. The minimum Gasteiger partial charge on any atom is -0.296 e. The van der Waals surface area contributed by atoms with Crippen molar-refractivity contribution < 1.29 is 5.14 Å². The highest BCUT2D eigenvalue weighted by Crippen LogP contribution is 2.03. The molecule has 0 bridgehead atoms. The summed E-state index contributed by atoms with van der Waals surface area (Å²) >= 11 is 1.60. The van der Waals surface area contributed by atoms with Crippen molar-refractivity contribution in [3.8, 4) is 0 Å². The molecule has 1 aromatic carbocycles. The van der Waals surface area contributed by atoms with Gasteiger partial charge in [0.15, 0.2) is 0 Å². The molecule has 1 rings (SSSR count). The average molecular weight is 170 g/mol. The van der Waals surface area contributed by atoms with Gasteiger partial charge in [0.25, 0.3) is 0 Å². The molecule has 62 valence electrons. The molecule has 0 aliphatic carbocycles. The molecule has 1 nitrogen and oxygen atoms in total. The Hall–Kier alpha value is -0.470. The van der Waals surface area contributed by atoms with Crippen molar-refractivity contribution in [2.45, 2.75) is 19.6 Å². The molecule has 2 heteroatoms. The smallest absolute Gasteiger partial charge is 0.0735 e. The molecule has 0 atom stereocenters. The third-order valence-corrected chi connectivity index (χ3v) is 1.65. The third kappa shape index (κ3) is 4.87. The highest BCUT2D eigenvalue weighted by atomic mass is 32.2. The van der Waals surface area contributed by atoms with Crippen LogP contribution in [0.1, 0.15) is 19.4 Å². The van der Waals surface area contributed by atoms with Gasteiger partial charge in [-0.2, -0.15) is 0 Å². The van der Waals surface area contributed by atoms with Crippen molar-refractivity contribution >= 4 is 11.9 Å². The van der Waals surface area contributed by atoms with Crippen LogP contribution in [0.4, 0.5) is 0 Å². The fourth-order valence-corrected chi connectivity index (χ4v) is 1.12. The molecule has 0 saturated heterocycles. The van der Waals surface area contributed by atoms with Crippen LogP contribution in [0.2, 0.25) is 0 Å². The summed E-state index contributed by atoms with van der Waals surface area (Å²) in [5.41, 5.74) is 1.34. The van der Waals surface area contributed by atoms with E-state index in [4.69, 9.17) is 0 Å². The van der Waals surface area contributed by atoms with Crippen LogP contribution in [0.5, 0.6) is 0 Å². The van der Waals surface area contributed by atoms with Gasteiger partial charge in [0.1, 0.15) is 0 Å². The van der Waals surface area contributed by atoms with Gasteiger partial charge < -0.3 is 0 Å². The maximum absolute atomic E-state index is 3.70. The molecule has 1 aromatic rings. The second-order valence-electron chi connectivity index (χ2n) is 1.83. The van der Waals surface area contributed by atoms with Crippen molar-refractivity contribution in [3.05, 3.63) is 35.9 Å². The summed E-state index contributed by atoms with van der Waals surface area (Å²) < 4.78 is 0. The molecule has 0 fully saturated rings. The molecule has 0 amide bonds. The Balaban J connectivity index is 0.000000461. The Bertz CT molecular complexity index is 162. The average Bonchev–Trinajstić information content (AvgIpc) is 2.11. The van der Waals surface area contributed by atoms with E-state index in [0.29, 0.717) is 0 Å². The predicted octanol–water partition coefficient (Wildman–Crippen LogP) is 2.10. The van der Waals surface area contributed by atoms with E-state index in [2.05, 4.69) is 17.3 Å². The van der Waals surface area contributed by atoms with Crippen molar-refractivity contribution in [1.29, 1.82) is 0 Å². The largest absolute Gasteiger partial charge is 0.296 e. The first-order valence-electron chi connectivity index (χ1n) is 3.84. The van der Waals surface area contributed by atoms with E-state index in [1.807, 2.05) is 32.0 Å². The van der Waals surface area contributed by atoms with Crippen LogP contribution in [0.15, 0.2) is 30.3 Å². The summed E-state index contributed by atoms with van der Waals surface area (Å²) in [6.45, 7) is 4.00. The van der Waals surface area contributed by atoms with Gasteiger partial charge >= 0.3 is 0 Å². The van der Waals surface area contributed by atoms with Crippen molar-refractivity contribution in [2.75, 3.05) is 0 Å². The van der Waals surface area contributed by atoms with Crippen LogP contribution in [0, 0.1) is 0 Å². The Kier molecular flexibility index (Phi) is 7.31. The van der Waals surface area contributed by atoms with E-state index >= 15 is 0 Å². The summed E-state index contributed by atoms with van der Waals surface area (Å²) in [6, 6.07) is 10.3. The molecular weight excluding hydrogens is 154 g/mol. The summed E-state index contributed by atoms with van der Waals surface area (Å²) in [7, 11) is 0. The lowest BCUT2D eigenvalue weighted by molar-refractivity contribution is -0.137. The Morgan fingerprint density at radius 1 is 1.18 bits per heavy atom. The molecule has 0 aliphatic heterocycles. The molecule has 0 unspecified atom stereocenters. The fraction of sp³-hybridized carbons (Fsp3) is 0.333. The van der Waals surface area contributed by atoms with Gasteiger partial charge in [0.2, 0.25) is 0 Å². The van der Waals surface area contributed by atoms with Gasteiger partial charge in [-0.25, -0.2) is 0 Å². The minimum absolute atomic E-state index is 1.01. The number of benzene rings is 1. The normalized spacial score (nSPS) is 8.27. The Morgan fingerprint density at radius 2 is 1.73 bits per heavy atom. The molecule has 0 aliphatic rings. The summed E-state index contributed by atoms with van der Waals surface area (Å²) in [5.74, 6) is 1.01. The lowest BCUT2D eigenvalue weighted by atomic mass is 10.2. The maximum atomic E-state index is 3.70. The third-order valence-electron chi connectivity index (χ3n) is 1.11. The Morgan fingerprint density at radius 3 is 2.18 bits per heavy atom. The first kappa shape index (κ1) is 10.5. The van der Waals surface area contributed by atoms with Gasteiger partial charge in [-0.15, -0.1) is 0 Å². The van der Waals surface area contributed by atoms with E-state index < -0.39 is 0 Å². The molecule has 0 aromatic heterocycles. The lowest BCUT2D eigenvalue weighted by Crippen LogP contribution is -2.36. The van der Waals surface area contributed by atoms with E-state index in [1.54, 1.807) is 11.9 Å². The first-order chi connectivity index (χ1) is 5.43. The second-order valence-corrected chi connectivity index (χ2v) is 2.53. The predicted molar refractivity (Wildman–Crippen MR) is 52.0 cm³/mol. The van der Waals surface area contributed by atoms with E-state index in [1.165, 1.54) is 5.56 Å². The highest BCUT2D eigenvalue weighted by Gasteiger charge is 1.88. The van der Waals surface area contributed by atoms with Gasteiger partial charge in [-0.1, -0.05) is 44.2 Å². The number of hydrogen-bond acceptors (Lipinski definition) is 1. The fourth-order valence-electron chi connectivity index (χ4n) is 0.692. The van der Waals surface area contributed by atoms with Gasteiger partial charge in [0, 0.05) is 0 Å². The molecule has 0 saturated carbocycles. The van der Waals surface area contributed by atoms with Crippen molar-refractivity contribution in [1.82, 2.24) is 0 Å². The molecule has 0 spiro atoms. The second kappa shape index (κ2) is 7.63. The van der Waals surface area contributed by atoms with Gasteiger partial charge in [-0.3, -0.25) is 5.14 Å². The van der Waals surface area contributed by atoms with Gasteiger partial charge in [0.05, 0.1) is 17.7 Å². The quantitative estimate of drug-likeness (QED) is 0.676. The SMILES string of the molecule is CC.[NH3+]SCc1ccccc1. The summed E-state index contributed by atoms with van der Waals surface area (Å²) in [4.78, 5) is 0. The molecule has 3 N–H and O–H groups in total. The zero-order valence-corrected chi connectivity index (χ0v) is 8.03.